The van der Waals surface area contributed by atoms with E-state index in [9.17, 15) is 4.79 Å². The zero-order chi connectivity index (χ0) is 15.6. The van der Waals surface area contributed by atoms with Gasteiger partial charge < -0.3 is 9.64 Å². The average molecular weight is 289 g/mol. The van der Waals surface area contributed by atoms with Crippen molar-refractivity contribution in [2.24, 2.45) is 0 Å². The Balaban J connectivity index is 2.31. The average Bonchev–Trinajstić information content (AvgIpc) is 2.39. The number of nitrogens with zero attached hydrogens (tertiary/aromatic N) is 1. The number of benzene rings is 1. The van der Waals surface area contributed by atoms with Crippen molar-refractivity contribution in [1.29, 1.82) is 0 Å². The van der Waals surface area contributed by atoms with Gasteiger partial charge in [0.25, 0.3) is 0 Å². The first-order valence-corrected chi connectivity index (χ1v) is 7.78. The molecule has 1 heterocycles. The van der Waals surface area contributed by atoms with E-state index in [1.54, 1.807) is 7.11 Å². The summed E-state index contributed by atoms with van der Waals surface area (Å²) in [4.78, 5) is 14.5. The van der Waals surface area contributed by atoms with Crippen molar-refractivity contribution in [3.8, 4) is 0 Å². The number of carbonyl (C=O) groups excluding carboxylic acids is 1. The van der Waals surface area contributed by atoms with Gasteiger partial charge in [-0.2, -0.15) is 0 Å². The van der Waals surface area contributed by atoms with Crippen LogP contribution in [0.15, 0.2) is 12.1 Å². The van der Waals surface area contributed by atoms with Crippen LogP contribution in [0.3, 0.4) is 0 Å². The van der Waals surface area contributed by atoms with Crippen LogP contribution in [0.2, 0.25) is 0 Å². The molecule has 1 aliphatic rings. The minimum atomic E-state index is -0.0755. The number of hydrogen-bond donors (Lipinski definition) is 0. The lowest BCUT2D eigenvalue weighted by atomic mass is 9.76. The quantitative estimate of drug-likeness (QED) is 0.773. The number of fused-ring (bicyclic) bond motifs is 1. The van der Waals surface area contributed by atoms with Gasteiger partial charge in [0.1, 0.15) is 0 Å². The Morgan fingerprint density at radius 1 is 1.19 bits per heavy atom. The van der Waals surface area contributed by atoms with Gasteiger partial charge in [0.15, 0.2) is 0 Å². The fourth-order valence-electron chi connectivity index (χ4n) is 3.03. The van der Waals surface area contributed by atoms with E-state index in [0.29, 0.717) is 6.42 Å². The molecule has 1 aromatic rings. The minimum Gasteiger partial charge on any atom is -0.385 e. The third-order valence-corrected chi connectivity index (χ3v) is 4.51. The van der Waals surface area contributed by atoms with E-state index in [-0.39, 0.29) is 11.3 Å². The molecule has 0 fully saturated rings. The second-order valence-corrected chi connectivity index (χ2v) is 6.76. The van der Waals surface area contributed by atoms with Crippen molar-refractivity contribution < 1.29 is 9.53 Å². The van der Waals surface area contributed by atoms with Crippen LogP contribution in [0.4, 0.5) is 5.69 Å². The molecule has 1 aromatic carbocycles. The highest BCUT2D eigenvalue weighted by atomic mass is 16.5. The summed E-state index contributed by atoms with van der Waals surface area (Å²) in [5.41, 5.74) is 4.89. The first-order chi connectivity index (χ1) is 9.86. The molecule has 0 aromatic heterocycles. The maximum Gasteiger partial charge on any atom is 0.227 e. The molecule has 0 saturated heterocycles. The van der Waals surface area contributed by atoms with Gasteiger partial charge in [0.2, 0.25) is 5.91 Å². The van der Waals surface area contributed by atoms with Gasteiger partial charge in [-0.05, 0) is 49.4 Å². The van der Waals surface area contributed by atoms with Crippen LogP contribution in [-0.4, -0.2) is 26.2 Å². The molecule has 0 unspecified atom stereocenters. The normalized spacial score (nSPS) is 17.0. The lowest BCUT2D eigenvalue weighted by molar-refractivity contribution is -0.120. The maximum atomic E-state index is 12.5. The largest absolute Gasteiger partial charge is 0.385 e. The fourth-order valence-corrected chi connectivity index (χ4v) is 3.03. The van der Waals surface area contributed by atoms with Crippen molar-refractivity contribution in [1.82, 2.24) is 0 Å². The van der Waals surface area contributed by atoms with Gasteiger partial charge in [0.05, 0.1) is 0 Å². The van der Waals surface area contributed by atoms with E-state index in [2.05, 4.69) is 39.8 Å². The van der Waals surface area contributed by atoms with Gasteiger partial charge >= 0.3 is 0 Å². The Labute approximate surface area is 128 Å². The molecule has 1 amide bonds. The predicted octanol–water partition coefficient (Wildman–Crippen LogP) is 3.74. The highest BCUT2D eigenvalue weighted by Gasteiger charge is 2.36. The highest BCUT2D eigenvalue weighted by molar-refractivity contribution is 5.98. The number of methoxy groups -OCH3 is 1. The third-order valence-electron chi connectivity index (χ3n) is 4.51. The monoisotopic (exact) mass is 289 g/mol. The summed E-state index contributed by atoms with van der Waals surface area (Å²) in [5, 5.41) is 0. The lowest BCUT2D eigenvalue weighted by Gasteiger charge is -2.39. The van der Waals surface area contributed by atoms with E-state index < -0.39 is 0 Å². The SMILES string of the molecule is COCCCCN1C(=O)CC(C)(C)c2cc(C)c(C)cc21. The Bertz CT molecular complexity index is 534. The summed E-state index contributed by atoms with van der Waals surface area (Å²) in [6, 6.07) is 4.44. The molecule has 3 heteroatoms. The summed E-state index contributed by atoms with van der Waals surface area (Å²) < 4.78 is 5.09. The van der Waals surface area contributed by atoms with E-state index in [1.807, 2.05) is 4.90 Å². The van der Waals surface area contributed by atoms with Crippen molar-refractivity contribution >= 4 is 11.6 Å². The lowest BCUT2D eigenvalue weighted by Crippen LogP contribution is -2.42. The first-order valence-electron chi connectivity index (χ1n) is 7.78. The summed E-state index contributed by atoms with van der Waals surface area (Å²) in [6.45, 7) is 10.1. The van der Waals surface area contributed by atoms with Gasteiger partial charge in [-0.25, -0.2) is 0 Å². The van der Waals surface area contributed by atoms with Gasteiger partial charge in [-0.3, -0.25) is 4.79 Å². The van der Waals surface area contributed by atoms with Gasteiger partial charge in [-0.15, -0.1) is 0 Å². The molecule has 2 rings (SSSR count). The number of carbonyl (C=O) groups is 1. The van der Waals surface area contributed by atoms with Crippen molar-refractivity contribution in [2.45, 2.75) is 52.4 Å². The Morgan fingerprint density at radius 2 is 1.86 bits per heavy atom. The summed E-state index contributed by atoms with van der Waals surface area (Å²) in [5.74, 6) is 0.244. The molecule has 0 saturated carbocycles. The molecule has 0 spiro atoms. The number of unbranched alkanes of at least 4 members (excludes halogenated alkanes) is 1. The molecule has 0 radical (unpaired) electrons. The smallest absolute Gasteiger partial charge is 0.227 e. The molecular weight excluding hydrogens is 262 g/mol. The van der Waals surface area contributed by atoms with Crippen LogP contribution in [0.5, 0.6) is 0 Å². The molecule has 1 aliphatic heterocycles. The van der Waals surface area contributed by atoms with E-state index >= 15 is 0 Å². The van der Waals surface area contributed by atoms with Crippen molar-refractivity contribution in [3.05, 3.63) is 28.8 Å². The number of hydrogen-bond acceptors (Lipinski definition) is 2. The molecule has 116 valence electrons. The van der Waals surface area contributed by atoms with Crippen LogP contribution in [0.1, 0.15) is 49.8 Å². The third kappa shape index (κ3) is 3.29. The Morgan fingerprint density at radius 3 is 2.52 bits per heavy atom. The molecule has 0 N–H and O–H groups in total. The number of amides is 1. The molecular formula is C18H27NO2. The number of ether oxygens (including phenoxy) is 1. The van der Waals surface area contributed by atoms with E-state index in [1.165, 1.54) is 16.7 Å². The van der Waals surface area contributed by atoms with Crippen LogP contribution in [0.25, 0.3) is 0 Å². The molecule has 0 bridgehead atoms. The van der Waals surface area contributed by atoms with Crippen LogP contribution in [0, 0.1) is 13.8 Å². The van der Waals surface area contributed by atoms with Crippen LogP contribution in [-0.2, 0) is 14.9 Å². The van der Waals surface area contributed by atoms with Gasteiger partial charge in [-0.1, -0.05) is 19.9 Å². The zero-order valence-corrected chi connectivity index (χ0v) is 14.0. The minimum absolute atomic E-state index is 0.0755. The topological polar surface area (TPSA) is 29.5 Å². The Kier molecular flexibility index (Phi) is 4.72. The second kappa shape index (κ2) is 6.18. The summed E-state index contributed by atoms with van der Waals surface area (Å²) in [7, 11) is 1.72. The van der Waals surface area contributed by atoms with E-state index in [0.717, 1.165) is 31.7 Å². The van der Waals surface area contributed by atoms with Crippen molar-refractivity contribution in [3.63, 3.8) is 0 Å². The summed E-state index contributed by atoms with van der Waals surface area (Å²) in [6.07, 6.45) is 2.56. The van der Waals surface area contributed by atoms with Crippen LogP contribution >= 0.6 is 0 Å². The molecule has 21 heavy (non-hydrogen) atoms. The fraction of sp³-hybridized carbons (Fsp3) is 0.611. The molecule has 0 atom stereocenters. The standard InChI is InChI=1S/C18H27NO2/c1-13-10-15-16(11-14(13)2)19(8-6-7-9-21-5)17(20)12-18(15,3)4/h10-11H,6-9,12H2,1-5H3. The highest BCUT2D eigenvalue weighted by Crippen LogP contribution is 2.41. The number of aryl methyl sites for hydroxylation is 2. The van der Waals surface area contributed by atoms with Gasteiger partial charge in [0, 0.05) is 37.8 Å². The number of anilines is 1. The zero-order valence-electron chi connectivity index (χ0n) is 14.0. The van der Waals surface area contributed by atoms with Crippen molar-refractivity contribution in [2.75, 3.05) is 25.2 Å². The van der Waals surface area contributed by atoms with Crippen LogP contribution < -0.4 is 4.90 Å². The second-order valence-electron chi connectivity index (χ2n) is 6.76. The Hall–Kier alpha value is -1.35. The molecule has 3 nitrogen and oxygen atoms in total. The predicted molar refractivity (Wildman–Crippen MR) is 87.0 cm³/mol. The maximum absolute atomic E-state index is 12.5. The summed E-state index contributed by atoms with van der Waals surface area (Å²) >= 11 is 0. The van der Waals surface area contributed by atoms with E-state index in [4.69, 9.17) is 4.74 Å². The molecule has 0 aliphatic carbocycles. The first kappa shape index (κ1) is 16.0. The number of rotatable bonds is 5.